The maximum atomic E-state index is 3.66. The minimum absolute atomic E-state index is 0.566. The topological polar surface area (TPSA) is 12.0 Å². The summed E-state index contributed by atoms with van der Waals surface area (Å²) >= 11 is 0. The molecule has 1 atom stereocenters. The standard InChI is InChI=1S/C19H23N/c1-3-12-20-19-11-9-16-13-15(8-10-18(16)19)17-7-5-4-6-14(17)2/h4-8,10,13,19-20H,3,9,11-12H2,1-2H3. The third-order valence-corrected chi connectivity index (χ3v) is 4.32. The molecule has 1 heteroatoms. The molecule has 1 aliphatic carbocycles. The average Bonchev–Trinajstić information content (AvgIpc) is 2.88. The third-order valence-electron chi connectivity index (χ3n) is 4.32. The fraction of sp³-hybridized carbons (Fsp3) is 0.368. The Hall–Kier alpha value is -1.60. The summed E-state index contributed by atoms with van der Waals surface area (Å²) in [5, 5.41) is 3.66. The molecule has 1 nitrogen and oxygen atoms in total. The van der Waals surface area contributed by atoms with E-state index in [2.05, 4.69) is 61.6 Å². The van der Waals surface area contributed by atoms with Gasteiger partial charge in [-0.05, 0) is 60.5 Å². The molecule has 0 heterocycles. The molecule has 2 aromatic carbocycles. The zero-order chi connectivity index (χ0) is 13.9. The molecule has 2 aromatic rings. The van der Waals surface area contributed by atoms with Crippen molar-refractivity contribution < 1.29 is 0 Å². The Morgan fingerprint density at radius 3 is 2.80 bits per heavy atom. The molecule has 1 N–H and O–H groups in total. The lowest BCUT2D eigenvalue weighted by molar-refractivity contribution is 0.529. The monoisotopic (exact) mass is 265 g/mol. The fourth-order valence-corrected chi connectivity index (χ4v) is 3.21. The molecule has 104 valence electrons. The Morgan fingerprint density at radius 1 is 1.15 bits per heavy atom. The normalized spacial score (nSPS) is 17.2. The van der Waals surface area contributed by atoms with Crippen LogP contribution in [-0.2, 0) is 6.42 Å². The van der Waals surface area contributed by atoms with Gasteiger partial charge in [0.2, 0.25) is 0 Å². The van der Waals surface area contributed by atoms with E-state index in [1.165, 1.54) is 47.1 Å². The van der Waals surface area contributed by atoms with Crippen molar-refractivity contribution in [1.82, 2.24) is 5.32 Å². The van der Waals surface area contributed by atoms with E-state index in [4.69, 9.17) is 0 Å². The molecule has 1 aliphatic rings. The first-order chi connectivity index (χ1) is 9.79. The maximum Gasteiger partial charge on any atom is 0.0326 e. The largest absolute Gasteiger partial charge is 0.310 e. The third kappa shape index (κ3) is 2.51. The van der Waals surface area contributed by atoms with Gasteiger partial charge in [-0.3, -0.25) is 0 Å². The summed E-state index contributed by atoms with van der Waals surface area (Å²) < 4.78 is 0. The van der Waals surface area contributed by atoms with E-state index in [0.29, 0.717) is 6.04 Å². The van der Waals surface area contributed by atoms with E-state index in [1.54, 1.807) is 0 Å². The summed E-state index contributed by atoms with van der Waals surface area (Å²) in [6.07, 6.45) is 3.65. The van der Waals surface area contributed by atoms with Crippen LogP contribution in [0.4, 0.5) is 0 Å². The van der Waals surface area contributed by atoms with E-state index in [9.17, 15) is 0 Å². The molecule has 0 amide bonds. The van der Waals surface area contributed by atoms with E-state index < -0.39 is 0 Å². The molecule has 0 aromatic heterocycles. The van der Waals surface area contributed by atoms with E-state index in [-0.39, 0.29) is 0 Å². The molecule has 20 heavy (non-hydrogen) atoms. The smallest absolute Gasteiger partial charge is 0.0326 e. The van der Waals surface area contributed by atoms with Gasteiger partial charge in [0.05, 0.1) is 0 Å². The fourth-order valence-electron chi connectivity index (χ4n) is 3.21. The van der Waals surface area contributed by atoms with Crippen molar-refractivity contribution in [3.8, 4) is 11.1 Å². The molecule has 1 unspecified atom stereocenters. The minimum atomic E-state index is 0.566. The van der Waals surface area contributed by atoms with Crippen LogP contribution in [-0.4, -0.2) is 6.54 Å². The van der Waals surface area contributed by atoms with Crippen LogP contribution in [0, 0.1) is 6.92 Å². The van der Waals surface area contributed by atoms with Crippen LogP contribution in [0.2, 0.25) is 0 Å². The Morgan fingerprint density at radius 2 is 2.00 bits per heavy atom. The second-order valence-electron chi connectivity index (χ2n) is 5.77. The van der Waals surface area contributed by atoms with Crippen LogP contribution in [0.5, 0.6) is 0 Å². The Labute approximate surface area is 122 Å². The highest BCUT2D eigenvalue weighted by molar-refractivity contribution is 5.68. The van der Waals surface area contributed by atoms with Crippen LogP contribution < -0.4 is 5.32 Å². The molecule has 0 saturated heterocycles. The van der Waals surface area contributed by atoms with Gasteiger partial charge >= 0.3 is 0 Å². The maximum absolute atomic E-state index is 3.66. The lowest BCUT2D eigenvalue weighted by atomic mass is 9.97. The number of rotatable bonds is 4. The Kier molecular flexibility index (Phi) is 3.88. The van der Waals surface area contributed by atoms with Crippen LogP contribution in [0.15, 0.2) is 42.5 Å². The van der Waals surface area contributed by atoms with Gasteiger partial charge in [0.15, 0.2) is 0 Å². The number of fused-ring (bicyclic) bond motifs is 1. The molecule has 0 radical (unpaired) electrons. The van der Waals surface area contributed by atoms with Crippen LogP contribution in [0.3, 0.4) is 0 Å². The SMILES string of the molecule is CCCNC1CCc2cc(-c3ccccc3C)ccc21. The summed E-state index contributed by atoms with van der Waals surface area (Å²) in [7, 11) is 0. The number of benzene rings is 2. The summed E-state index contributed by atoms with van der Waals surface area (Å²) in [4.78, 5) is 0. The molecule has 0 bridgehead atoms. The van der Waals surface area contributed by atoms with Crippen molar-refractivity contribution >= 4 is 0 Å². The predicted molar refractivity (Wildman–Crippen MR) is 86.0 cm³/mol. The number of aryl methyl sites for hydroxylation is 2. The first-order valence-electron chi connectivity index (χ1n) is 7.72. The van der Waals surface area contributed by atoms with Crippen molar-refractivity contribution in [1.29, 1.82) is 0 Å². The molecule has 0 aliphatic heterocycles. The van der Waals surface area contributed by atoms with E-state index in [0.717, 1.165) is 6.54 Å². The van der Waals surface area contributed by atoms with Crippen molar-refractivity contribution in [3.63, 3.8) is 0 Å². The summed E-state index contributed by atoms with van der Waals surface area (Å²) in [6.45, 7) is 5.53. The van der Waals surface area contributed by atoms with Gasteiger partial charge in [0.25, 0.3) is 0 Å². The first-order valence-corrected chi connectivity index (χ1v) is 7.72. The van der Waals surface area contributed by atoms with Crippen molar-refractivity contribution in [2.45, 2.75) is 39.2 Å². The van der Waals surface area contributed by atoms with Gasteiger partial charge in [-0.1, -0.05) is 49.4 Å². The molecule has 3 rings (SSSR count). The highest BCUT2D eigenvalue weighted by Gasteiger charge is 2.21. The van der Waals surface area contributed by atoms with Crippen molar-refractivity contribution in [3.05, 3.63) is 59.2 Å². The first kappa shape index (κ1) is 13.4. The quantitative estimate of drug-likeness (QED) is 0.848. The van der Waals surface area contributed by atoms with Crippen LogP contribution in [0.1, 0.15) is 42.5 Å². The van der Waals surface area contributed by atoms with E-state index >= 15 is 0 Å². The molecule has 0 saturated carbocycles. The van der Waals surface area contributed by atoms with Crippen molar-refractivity contribution in [2.24, 2.45) is 0 Å². The average molecular weight is 265 g/mol. The molecular formula is C19H23N. The zero-order valence-electron chi connectivity index (χ0n) is 12.4. The highest BCUT2D eigenvalue weighted by atomic mass is 14.9. The number of hydrogen-bond donors (Lipinski definition) is 1. The second-order valence-corrected chi connectivity index (χ2v) is 5.77. The summed E-state index contributed by atoms with van der Waals surface area (Å²) in [5.74, 6) is 0. The van der Waals surface area contributed by atoms with E-state index in [1.807, 2.05) is 0 Å². The van der Waals surface area contributed by atoms with Crippen molar-refractivity contribution in [2.75, 3.05) is 6.54 Å². The van der Waals surface area contributed by atoms with Gasteiger partial charge in [-0.25, -0.2) is 0 Å². The van der Waals surface area contributed by atoms with Crippen LogP contribution >= 0.6 is 0 Å². The van der Waals surface area contributed by atoms with Crippen LogP contribution in [0.25, 0.3) is 11.1 Å². The minimum Gasteiger partial charge on any atom is -0.310 e. The lowest BCUT2D eigenvalue weighted by Crippen LogP contribution is -2.19. The predicted octanol–water partition coefficient (Wildman–Crippen LogP) is 4.65. The molecular weight excluding hydrogens is 242 g/mol. The second kappa shape index (κ2) is 5.80. The Bertz CT molecular complexity index is 600. The summed E-state index contributed by atoms with van der Waals surface area (Å²) in [5.41, 5.74) is 7.11. The van der Waals surface area contributed by atoms with Gasteiger partial charge in [-0.15, -0.1) is 0 Å². The van der Waals surface area contributed by atoms with Gasteiger partial charge in [0.1, 0.15) is 0 Å². The zero-order valence-corrected chi connectivity index (χ0v) is 12.4. The van der Waals surface area contributed by atoms with Gasteiger partial charge in [-0.2, -0.15) is 0 Å². The molecule has 0 spiro atoms. The summed E-state index contributed by atoms with van der Waals surface area (Å²) in [6, 6.07) is 16.2. The van der Waals surface area contributed by atoms with Gasteiger partial charge < -0.3 is 5.32 Å². The highest BCUT2D eigenvalue weighted by Crippen LogP contribution is 2.34. The lowest BCUT2D eigenvalue weighted by Gasteiger charge is -2.14. The molecule has 0 fully saturated rings. The van der Waals surface area contributed by atoms with Gasteiger partial charge in [0, 0.05) is 6.04 Å². The Balaban J connectivity index is 1.90. The number of nitrogens with one attached hydrogen (secondary N) is 1. The number of hydrogen-bond acceptors (Lipinski definition) is 1.